The van der Waals surface area contributed by atoms with Gasteiger partial charge in [-0.2, -0.15) is 4.39 Å². The van der Waals surface area contributed by atoms with Gasteiger partial charge in [-0.05, 0) is 37.6 Å². The second-order valence-electron chi connectivity index (χ2n) is 8.80. The van der Waals surface area contributed by atoms with Crippen LogP contribution in [0.2, 0.25) is 0 Å². The maximum Gasteiger partial charge on any atom is 0.327 e. The third-order valence-electron chi connectivity index (χ3n) is 5.98. The van der Waals surface area contributed by atoms with Gasteiger partial charge >= 0.3 is 5.97 Å². The highest BCUT2D eigenvalue weighted by molar-refractivity contribution is 8.01. The van der Waals surface area contributed by atoms with E-state index in [4.69, 9.17) is 5.73 Å². The van der Waals surface area contributed by atoms with Crippen LogP contribution in [0, 0.1) is 5.95 Å². The van der Waals surface area contributed by atoms with Gasteiger partial charge in [0.2, 0.25) is 17.8 Å². The monoisotopic (exact) mass is 496 g/mol. The van der Waals surface area contributed by atoms with E-state index in [1.54, 1.807) is 50.2 Å². The van der Waals surface area contributed by atoms with Crippen molar-refractivity contribution >= 4 is 40.4 Å². The minimum Gasteiger partial charge on any atom is -0.480 e. The van der Waals surface area contributed by atoms with E-state index in [0.29, 0.717) is 11.1 Å². The molecule has 0 radical (unpaired) electrons. The number of hydrogen-bond acceptors (Lipinski definition) is 6. The van der Waals surface area contributed by atoms with Crippen LogP contribution in [0.25, 0.3) is 10.9 Å². The first-order chi connectivity index (χ1) is 16.6. The molecule has 0 bridgehead atoms. The molecule has 35 heavy (non-hydrogen) atoms. The summed E-state index contributed by atoms with van der Waals surface area (Å²) in [5.41, 5.74) is 7.29. The van der Waals surface area contributed by atoms with Gasteiger partial charge in [-0.3, -0.25) is 9.59 Å². The predicted octanol–water partition coefficient (Wildman–Crippen LogP) is 2.69. The SMILES string of the molecule is CC1(C)S[C@@H]2[C@H](NC(=O)[C@H](N)c3ccccc3)C(=O)N2[C@H]1C(=O)O.Fc1ccc2ccccc2n1. The Morgan fingerprint density at radius 3 is 2.46 bits per heavy atom. The molecule has 5 rings (SSSR count). The average molecular weight is 497 g/mol. The van der Waals surface area contributed by atoms with Crippen LogP contribution in [0.3, 0.4) is 0 Å². The number of benzene rings is 2. The molecule has 10 heteroatoms. The molecular formula is C25H25FN4O4S. The number of nitrogens with one attached hydrogen (secondary N) is 1. The van der Waals surface area contributed by atoms with Crippen molar-refractivity contribution in [1.29, 1.82) is 0 Å². The molecule has 2 saturated heterocycles. The van der Waals surface area contributed by atoms with E-state index in [2.05, 4.69) is 10.3 Å². The van der Waals surface area contributed by atoms with Crippen LogP contribution in [0.1, 0.15) is 25.5 Å². The number of carbonyl (C=O) groups excluding carboxylic acids is 2. The number of aromatic nitrogens is 1. The zero-order chi connectivity index (χ0) is 25.3. The summed E-state index contributed by atoms with van der Waals surface area (Å²) in [7, 11) is 0. The largest absolute Gasteiger partial charge is 0.480 e. The van der Waals surface area contributed by atoms with Crippen molar-refractivity contribution in [2.45, 2.75) is 42.1 Å². The van der Waals surface area contributed by atoms with E-state index in [9.17, 15) is 23.9 Å². The Hall–Kier alpha value is -3.50. The van der Waals surface area contributed by atoms with E-state index in [-0.39, 0.29) is 11.3 Å². The van der Waals surface area contributed by atoms with Crippen molar-refractivity contribution < 1.29 is 23.9 Å². The number of nitrogens with two attached hydrogens (primary N) is 1. The summed E-state index contributed by atoms with van der Waals surface area (Å²) in [6.07, 6.45) is 0. The van der Waals surface area contributed by atoms with Crippen molar-refractivity contribution in [2.24, 2.45) is 5.73 Å². The Morgan fingerprint density at radius 2 is 1.77 bits per heavy atom. The van der Waals surface area contributed by atoms with Crippen LogP contribution in [0.4, 0.5) is 4.39 Å². The third-order valence-corrected chi connectivity index (χ3v) is 7.55. The fourth-order valence-corrected chi connectivity index (χ4v) is 5.87. The number of carboxylic acids is 1. The van der Waals surface area contributed by atoms with Gasteiger partial charge in [-0.15, -0.1) is 11.8 Å². The molecule has 2 aliphatic rings. The number of β-lactam (4-membered cyclic amide) rings is 1. The number of para-hydroxylation sites is 1. The van der Waals surface area contributed by atoms with Crippen molar-refractivity contribution in [3.63, 3.8) is 0 Å². The number of fused-ring (bicyclic) bond motifs is 2. The Kier molecular flexibility index (Phi) is 6.77. The van der Waals surface area contributed by atoms with Gasteiger partial charge in [0.1, 0.15) is 23.5 Å². The highest BCUT2D eigenvalue weighted by Crippen LogP contribution is 2.50. The fourth-order valence-electron chi connectivity index (χ4n) is 4.24. The van der Waals surface area contributed by atoms with E-state index in [0.717, 1.165) is 5.39 Å². The van der Waals surface area contributed by atoms with Gasteiger partial charge in [-0.25, -0.2) is 9.78 Å². The second-order valence-corrected chi connectivity index (χ2v) is 10.6. The lowest BCUT2D eigenvalue weighted by Gasteiger charge is -2.43. The molecule has 2 fully saturated rings. The molecule has 3 aromatic rings. The number of amides is 2. The van der Waals surface area contributed by atoms with Crippen molar-refractivity contribution in [3.05, 3.63) is 78.2 Å². The highest BCUT2D eigenvalue weighted by atomic mass is 32.2. The van der Waals surface area contributed by atoms with Crippen molar-refractivity contribution in [2.75, 3.05) is 0 Å². The van der Waals surface area contributed by atoms with Crippen LogP contribution in [0.15, 0.2) is 66.7 Å². The molecule has 2 aromatic carbocycles. The molecule has 0 aliphatic carbocycles. The minimum absolute atomic E-state index is 0.375. The molecule has 8 nitrogen and oxygen atoms in total. The lowest BCUT2D eigenvalue weighted by Crippen LogP contribution is -2.71. The quantitative estimate of drug-likeness (QED) is 0.375. The summed E-state index contributed by atoms with van der Waals surface area (Å²) in [5, 5.41) is 12.6. The molecule has 3 heterocycles. The van der Waals surface area contributed by atoms with Crippen molar-refractivity contribution in [3.8, 4) is 0 Å². The lowest BCUT2D eigenvalue weighted by molar-refractivity contribution is -0.161. The fraction of sp³-hybridized carbons (Fsp3) is 0.280. The summed E-state index contributed by atoms with van der Waals surface area (Å²) >= 11 is 1.38. The molecule has 2 amide bonds. The number of hydrogen-bond donors (Lipinski definition) is 3. The molecule has 182 valence electrons. The molecule has 0 spiro atoms. The zero-order valence-electron chi connectivity index (χ0n) is 19.1. The first-order valence-electron chi connectivity index (χ1n) is 10.9. The van der Waals surface area contributed by atoms with E-state index < -0.39 is 40.7 Å². The smallest absolute Gasteiger partial charge is 0.327 e. The van der Waals surface area contributed by atoms with Crippen LogP contribution < -0.4 is 11.1 Å². The number of carboxylic acid groups (broad SMARTS) is 1. The van der Waals surface area contributed by atoms with Crippen molar-refractivity contribution in [1.82, 2.24) is 15.2 Å². The number of nitrogens with zero attached hydrogens (tertiary/aromatic N) is 2. The van der Waals surface area contributed by atoms with Gasteiger partial charge < -0.3 is 21.1 Å². The summed E-state index contributed by atoms with van der Waals surface area (Å²) in [6.45, 7) is 3.58. The highest BCUT2D eigenvalue weighted by Gasteiger charge is 2.64. The van der Waals surface area contributed by atoms with E-state index in [1.807, 2.05) is 24.3 Å². The molecule has 4 atom stereocenters. The first kappa shape index (κ1) is 24.6. The molecule has 0 unspecified atom stereocenters. The number of rotatable bonds is 4. The zero-order valence-corrected chi connectivity index (χ0v) is 19.9. The van der Waals surface area contributed by atoms with Gasteiger partial charge in [0.15, 0.2) is 0 Å². The molecule has 1 aromatic heterocycles. The number of halogens is 1. The number of aliphatic carboxylic acids is 1. The molecular weight excluding hydrogens is 471 g/mol. The second kappa shape index (κ2) is 9.63. The van der Waals surface area contributed by atoms with Gasteiger partial charge in [0, 0.05) is 10.1 Å². The van der Waals surface area contributed by atoms with E-state index >= 15 is 0 Å². The van der Waals surface area contributed by atoms with Gasteiger partial charge in [0.05, 0.1) is 5.52 Å². The minimum atomic E-state index is -1.03. The predicted molar refractivity (Wildman–Crippen MR) is 131 cm³/mol. The van der Waals surface area contributed by atoms with Crippen LogP contribution >= 0.6 is 11.8 Å². The average Bonchev–Trinajstić information content (AvgIpc) is 3.10. The number of pyridine rings is 1. The molecule has 4 N–H and O–H groups in total. The summed E-state index contributed by atoms with van der Waals surface area (Å²) < 4.78 is 11.9. The summed E-state index contributed by atoms with van der Waals surface area (Å²) in [5.74, 6) is -2.28. The Morgan fingerprint density at radius 1 is 1.11 bits per heavy atom. The van der Waals surface area contributed by atoms with Gasteiger partial charge in [-0.1, -0.05) is 48.5 Å². The lowest BCUT2D eigenvalue weighted by atomic mass is 9.95. The topological polar surface area (TPSA) is 126 Å². The summed E-state index contributed by atoms with van der Waals surface area (Å²) in [4.78, 5) is 41.2. The first-order valence-corrected chi connectivity index (χ1v) is 11.8. The third kappa shape index (κ3) is 4.85. The normalized spacial score (nSPS) is 22.9. The van der Waals surface area contributed by atoms with Gasteiger partial charge in [0.25, 0.3) is 0 Å². The van der Waals surface area contributed by atoms with E-state index in [1.165, 1.54) is 22.7 Å². The maximum absolute atomic E-state index is 12.5. The molecule has 2 aliphatic heterocycles. The number of thioether (sulfide) groups is 1. The Bertz CT molecular complexity index is 1270. The Labute approximate surface area is 205 Å². The summed E-state index contributed by atoms with van der Waals surface area (Å²) in [6, 6.07) is 16.9. The van der Waals surface area contributed by atoms with Crippen LogP contribution in [-0.4, -0.2) is 55.0 Å². The number of carbonyl (C=O) groups is 3. The van der Waals surface area contributed by atoms with Crippen LogP contribution in [0.5, 0.6) is 0 Å². The van der Waals surface area contributed by atoms with Crippen LogP contribution in [-0.2, 0) is 14.4 Å². The standard InChI is InChI=1S/C16H19N3O4S.C9H6FN/c1-16(2)11(15(22)23)19-13(21)10(14(19)24-16)18-12(20)9(17)8-6-4-3-5-7-8;10-9-6-5-7-3-1-2-4-8(7)11-9/h3-7,9-11,14H,17H2,1-2H3,(H,18,20)(H,22,23);1-6H/t9-,10-,11+,14-;/m1./s1. The maximum atomic E-state index is 12.5. The Balaban J connectivity index is 0.000000218. The molecule has 0 saturated carbocycles.